The SMILES string of the molecule is COc1cc([N+](=O)[O-])ccc1-c1nnc(N)s1. The average Bonchev–Trinajstić information content (AvgIpc) is 2.74. The molecule has 0 fully saturated rings. The van der Waals surface area contributed by atoms with E-state index in [-0.39, 0.29) is 5.69 Å². The lowest BCUT2D eigenvalue weighted by Gasteiger charge is -2.04. The van der Waals surface area contributed by atoms with Crippen LogP contribution in [-0.2, 0) is 0 Å². The Kier molecular flexibility index (Phi) is 2.88. The highest BCUT2D eigenvalue weighted by Crippen LogP contribution is 2.35. The summed E-state index contributed by atoms with van der Waals surface area (Å²) in [6.07, 6.45) is 0. The van der Waals surface area contributed by atoms with Gasteiger partial charge in [0.1, 0.15) is 5.75 Å². The summed E-state index contributed by atoms with van der Waals surface area (Å²) in [7, 11) is 1.44. The predicted molar refractivity (Wildman–Crippen MR) is 63.0 cm³/mol. The number of nitrogens with zero attached hydrogens (tertiary/aromatic N) is 3. The third-order valence-corrected chi connectivity index (χ3v) is 2.85. The Morgan fingerprint density at radius 1 is 1.47 bits per heavy atom. The van der Waals surface area contributed by atoms with Crippen molar-refractivity contribution in [3.05, 3.63) is 28.3 Å². The molecule has 17 heavy (non-hydrogen) atoms. The van der Waals surface area contributed by atoms with Crippen LogP contribution < -0.4 is 10.5 Å². The van der Waals surface area contributed by atoms with Gasteiger partial charge in [0, 0.05) is 6.07 Å². The highest BCUT2D eigenvalue weighted by molar-refractivity contribution is 7.18. The molecule has 0 aliphatic rings. The molecular weight excluding hydrogens is 244 g/mol. The number of nitrogen functional groups attached to an aromatic ring is 1. The fourth-order valence-electron chi connectivity index (χ4n) is 1.31. The Bertz CT molecular complexity index is 569. The summed E-state index contributed by atoms with van der Waals surface area (Å²) in [5.41, 5.74) is 6.07. The molecule has 88 valence electrons. The predicted octanol–water partition coefficient (Wildman–Crippen LogP) is 1.70. The van der Waals surface area contributed by atoms with E-state index in [0.29, 0.717) is 21.5 Å². The van der Waals surface area contributed by atoms with Crippen molar-refractivity contribution in [2.24, 2.45) is 0 Å². The number of ether oxygens (including phenoxy) is 1. The number of methoxy groups -OCH3 is 1. The lowest BCUT2D eigenvalue weighted by molar-refractivity contribution is -0.384. The van der Waals surface area contributed by atoms with Gasteiger partial charge >= 0.3 is 0 Å². The summed E-state index contributed by atoms with van der Waals surface area (Å²) in [5.74, 6) is 0.371. The molecule has 0 unspecified atom stereocenters. The first kappa shape index (κ1) is 11.3. The molecule has 1 aromatic heterocycles. The van der Waals surface area contributed by atoms with Crippen LogP contribution in [0.2, 0.25) is 0 Å². The highest BCUT2D eigenvalue weighted by atomic mass is 32.1. The first-order valence-electron chi connectivity index (χ1n) is 4.53. The van der Waals surface area contributed by atoms with Gasteiger partial charge in [-0.1, -0.05) is 11.3 Å². The van der Waals surface area contributed by atoms with Crippen molar-refractivity contribution in [2.75, 3.05) is 12.8 Å². The van der Waals surface area contributed by atoms with E-state index in [9.17, 15) is 10.1 Å². The van der Waals surface area contributed by atoms with E-state index in [1.165, 1.54) is 30.6 Å². The maximum Gasteiger partial charge on any atom is 0.273 e. The minimum absolute atomic E-state index is 0.0388. The number of non-ortho nitro benzene ring substituents is 1. The Hall–Kier alpha value is -2.22. The zero-order chi connectivity index (χ0) is 12.4. The van der Waals surface area contributed by atoms with Crippen LogP contribution in [0.5, 0.6) is 5.75 Å². The van der Waals surface area contributed by atoms with E-state index in [4.69, 9.17) is 10.5 Å². The summed E-state index contributed by atoms with van der Waals surface area (Å²) in [4.78, 5) is 10.1. The van der Waals surface area contributed by atoms with Crippen molar-refractivity contribution in [3.63, 3.8) is 0 Å². The first-order valence-corrected chi connectivity index (χ1v) is 5.35. The standard InChI is InChI=1S/C9H8N4O3S/c1-16-7-4-5(13(14)15)2-3-6(7)8-11-12-9(10)17-8/h2-4H,1H3,(H2,10,12). The van der Waals surface area contributed by atoms with Gasteiger partial charge in [0.05, 0.1) is 23.7 Å². The van der Waals surface area contributed by atoms with E-state index in [0.717, 1.165) is 0 Å². The van der Waals surface area contributed by atoms with Gasteiger partial charge in [-0.25, -0.2) is 0 Å². The van der Waals surface area contributed by atoms with E-state index < -0.39 is 4.92 Å². The molecule has 2 aromatic rings. The van der Waals surface area contributed by atoms with Crippen LogP contribution in [0.3, 0.4) is 0 Å². The van der Waals surface area contributed by atoms with E-state index in [2.05, 4.69) is 10.2 Å². The van der Waals surface area contributed by atoms with Gasteiger partial charge in [-0.3, -0.25) is 10.1 Å². The fraction of sp³-hybridized carbons (Fsp3) is 0.111. The number of hydrogen-bond donors (Lipinski definition) is 1. The summed E-state index contributed by atoms with van der Waals surface area (Å²) in [6, 6.07) is 4.29. The largest absolute Gasteiger partial charge is 0.496 e. The molecule has 0 aliphatic carbocycles. The molecule has 0 bridgehead atoms. The minimum Gasteiger partial charge on any atom is -0.496 e. The quantitative estimate of drug-likeness (QED) is 0.658. The Labute approximate surface area is 100 Å². The van der Waals surface area contributed by atoms with Crippen LogP contribution >= 0.6 is 11.3 Å². The van der Waals surface area contributed by atoms with Gasteiger partial charge in [-0.05, 0) is 6.07 Å². The van der Waals surface area contributed by atoms with Crippen LogP contribution in [0, 0.1) is 10.1 Å². The summed E-state index contributed by atoms with van der Waals surface area (Å²) >= 11 is 1.19. The molecule has 0 saturated carbocycles. The number of aromatic nitrogens is 2. The number of benzene rings is 1. The smallest absolute Gasteiger partial charge is 0.273 e. The average molecular weight is 252 g/mol. The van der Waals surface area contributed by atoms with Gasteiger partial charge < -0.3 is 10.5 Å². The Morgan fingerprint density at radius 3 is 2.76 bits per heavy atom. The summed E-state index contributed by atoms with van der Waals surface area (Å²) < 4.78 is 5.09. The van der Waals surface area contributed by atoms with Crippen LogP contribution in [0.15, 0.2) is 18.2 Å². The monoisotopic (exact) mass is 252 g/mol. The van der Waals surface area contributed by atoms with Crippen LogP contribution in [0.25, 0.3) is 10.6 Å². The number of nitrogens with two attached hydrogens (primary N) is 1. The fourth-order valence-corrected chi connectivity index (χ4v) is 1.95. The van der Waals surface area contributed by atoms with Crippen LogP contribution in [0.1, 0.15) is 0 Å². The minimum atomic E-state index is -0.485. The van der Waals surface area contributed by atoms with Crippen LogP contribution in [-0.4, -0.2) is 22.2 Å². The molecule has 1 aromatic carbocycles. The lowest BCUT2D eigenvalue weighted by Crippen LogP contribution is -1.92. The van der Waals surface area contributed by atoms with Gasteiger partial charge in [0.15, 0.2) is 5.01 Å². The Balaban J connectivity index is 2.51. The zero-order valence-electron chi connectivity index (χ0n) is 8.78. The number of hydrogen-bond acceptors (Lipinski definition) is 7. The normalized spacial score (nSPS) is 10.2. The van der Waals surface area contributed by atoms with Gasteiger partial charge in [-0.15, -0.1) is 10.2 Å². The van der Waals surface area contributed by atoms with E-state index >= 15 is 0 Å². The molecule has 2 N–H and O–H groups in total. The van der Waals surface area contributed by atoms with E-state index in [1.54, 1.807) is 6.07 Å². The lowest BCUT2D eigenvalue weighted by atomic mass is 10.2. The molecule has 0 amide bonds. The second-order valence-electron chi connectivity index (χ2n) is 3.09. The zero-order valence-corrected chi connectivity index (χ0v) is 9.60. The van der Waals surface area contributed by atoms with Crippen LogP contribution in [0.4, 0.5) is 10.8 Å². The number of anilines is 1. The summed E-state index contributed by atoms with van der Waals surface area (Å²) in [6.45, 7) is 0. The molecule has 8 heteroatoms. The molecule has 7 nitrogen and oxygen atoms in total. The van der Waals surface area contributed by atoms with Crippen molar-refractivity contribution in [2.45, 2.75) is 0 Å². The molecule has 2 rings (SSSR count). The number of rotatable bonds is 3. The van der Waals surface area contributed by atoms with Crippen molar-refractivity contribution < 1.29 is 9.66 Å². The molecule has 0 saturated heterocycles. The van der Waals surface area contributed by atoms with Gasteiger partial charge in [0.2, 0.25) is 5.13 Å². The Morgan fingerprint density at radius 2 is 2.24 bits per heavy atom. The molecule has 0 aliphatic heterocycles. The van der Waals surface area contributed by atoms with Gasteiger partial charge in [0.25, 0.3) is 5.69 Å². The second-order valence-corrected chi connectivity index (χ2v) is 4.10. The molecule has 0 spiro atoms. The molecular formula is C9H8N4O3S. The topological polar surface area (TPSA) is 104 Å². The molecule has 0 atom stereocenters. The van der Waals surface area contributed by atoms with Crippen molar-refractivity contribution in [1.29, 1.82) is 0 Å². The second kappa shape index (κ2) is 4.34. The van der Waals surface area contributed by atoms with Gasteiger partial charge in [-0.2, -0.15) is 0 Å². The number of nitro groups is 1. The molecule has 1 heterocycles. The maximum atomic E-state index is 10.6. The third-order valence-electron chi connectivity index (χ3n) is 2.07. The third kappa shape index (κ3) is 2.16. The van der Waals surface area contributed by atoms with E-state index in [1.807, 2.05) is 0 Å². The van der Waals surface area contributed by atoms with Crippen molar-refractivity contribution >= 4 is 22.2 Å². The highest BCUT2D eigenvalue weighted by Gasteiger charge is 2.15. The summed E-state index contributed by atoms with van der Waals surface area (Å²) in [5, 5.41) is 19.1. The number of nitro benzene ring substituents is 1. The van der Waals surface area contributed by atoms with Crippen molar-refractivity contribution in [1.82, 2.24) is 10.2 Å². The first-order chi connectivity index (χ1) is 8.11. The maximum absolute atomic E-state index is 10.6. The molecule has 0 radical (unpaired) electrons. The van der Waals surface area contributed by atoms with Crippen molar-refractivity contribution in [3.8, 4) is 16.3 Å².